The number of piperidine rings is 1. The van der Waals surface area contributed by atoms with Crippen LogP contribution in [0.15, 0.2) is 48.5 Å². The number of anilines is 1. The molecule has 4 rings (SSSR count). The van der Waals surface area contributed by atoms with E-state index in [2.05, 4.69) is 5.32 Å². The predicted molar refractivity (Wildman–Crippen MR) is 121 cm³/mol. The predicted octanol–water partition coefficient (Wildman–Crippen LogP) is 4.83. The summed E-state index contributed by atoms with van der Waals surface area (Å²) in [5.74, 6) is 0.372. The van der Waals surface area contributed by atoms with Crippen molar-refractivity contribution in [2.24, 2.45) is 0 Å². The molecule has 180 valence electrons. The molecule has 2 aromatic carbocycles. The van der Waals surface area contributed by atoms with Crippen molar-refractivity contribution >= 4 is 35.1 Å². The third kappa shape index (κ3) is 4.67. The number of nitrogens with zero attached hydrogens (tertiary/aromatic N) is 3. The molecular weight excluding hydrogens is 473 g/mol. The topological polar surface area (TPSA) is 95.8 Å². The zero-order valence-electron chi connectivity index (χ0n) is 17.9. The lowest BCUT2D eigenvalue weighted by Gasteiger charge is -2.44. The summed E-state index contributed by atoms with van der Waals surface area (Å²) < 4.78 is 39.7. The number of benzene rings is 2. The first-order chi connectivity index (χ1) is 16.1. The Kier molecular flexibility index (Phi) is 6.43. The van der Waals surface area contributed by atoms with E-state index in [-0.39, 0.29) is 35.9 Å². The van der Waals surface area contributed by atoms with Gasteiger partial charge in [0.2, 0.25) is 0 Å². The first-order valence-corrected chi connectivity index (χ1v) is 11.5. The smallest absolute Gasteiger partial charge is 0.324 e. The van der Waals surface area contributed by atoms with Gasteiger partial charge < -0.3 is 15.1 Å². The van der Waals surface area contributed by atoms with Crippen molar-refractivity contribution in [3.05, 3.63) is 69.8 Å². The number of nitro groups is 1. The fourth-order valence-corrected chi connectivity index (χ4v) is 5.77. The SMILES string of the molecule is O=C(Nc1ccccc1C(F)(F)F)N1CCC2(CC1)SCCN2C(=O)c1cccc([N+](=O)[O-])c1. The number of carbonyl (C=O) groups is 2. The monoisotopic (exact) mass is 494 g/mol. The highest BCUT2D eigenvalue weighted by Crippen LogP contribution is 2.45. The van der Waals surface area contributed by atoms with Crippen LogP contribution in [0.4, 0.5) is 29.3 Å². The molecule has 12 heteroatoms. The van der Waals surface area contributed by atoms with Crippen LogP contribution in [0.5, 0.6) is 0 Å². The minimum atomic E-state index is -4.59. The number of rotatable bonds is 3. The molecule has 1 N–H and O–H groups in total. The Labute approximate surface area is 197 Å². The van der Waals surface area contributed by atoms with Gasteiger partial charge in [0.1, 0.15) is 0 Å². The van der Waals surface area contributed by atoms with E-state index in [1.54, 1.807) is 16.7 Å². The van der Waals surface area contributed by atoms with Crippen molar-refractivity contribution in [3.63, 3.8) is 0 Å². The van der Waals surface area contributed by atoms with Crippen molar-refractivity contribution in [2.45, 2.75) is 23.9 Å². The fourth-order valence-electron chi connectivity index (χ4n) is 4.31. The fraction of sp³-hybridized carbons (Fsp3) is 0.364. The van der Waals surface area contributed by atoms with Gasteiger partial charge in [-0.3, -0.25) is 14.9 Å². The molecule has 2 saturated heterocycles. The molecule has 2 aliphatic rings. The van der Waals surface area contributed by atoms with E-state index in [4.69, 9.17) is 0 Å². The average molecular weight is 494 g/mol. The van der Waals surface area contributed by atoms with Crippen molar-refractivity contribution < 1.29 is 27.7 Å². The summed E-state index contributed by atoms with van der Waals surface area (Å²) in [5, 5.41) is 13.4. The number of carbonyl (C=O) groups excluding carboxylic acids is 2. The summed E-state index contributed by atoms with van der Waals surface area (Å²) in [6.45, 7) is 0.981. The molecule has 0 radical (unpaired) electrons. The molecule has 8 nitrogen and oxygen atoms in total. The maximum Gasteiger partial charge on any atom is 0.418 e. The highest BCUT2D eigenvalue weighted by atomic mass is 32.2. The number of thioether (sulfide) groups is 1. The first kappa shape index (κ1) is 23.9. The van der Waals surface area contributed by atoms with E-state index in [1.807, 2.05) is 0 Å². The molecule has 0 atom stereocenters. The molecule has 2 heterocycles. The number of alkyl halides is 3. The second-order valence-corrected chi connectivity index (χ2v) is 9.48. The Bertz CT molecular complexity index is 1120. The van der Waals surface area contributed by atoms with Crippen LogP contribution in [0.1, 0.15) is 28.8 Å². The van der Waals surface area contributed by atoms with E-state index >= 15 is 0 Å². The van der Waals surface area contributed by atoms with E-state index in [9.17, 15) is 32.9 Å². The molecule has 0 saturated carbocycles. The average Bonchev–Trinajstić information content (AvgIpc) is 3.21. The first-order valence-electron chi connectivity index (χ1n) is 10.5. The van der Waals surface area contributed by atoms with Gasteiger partial charge in [-0.1, -0.05) is 18.2 Å². The number of hydrogen-bond donors (Lipinski definition) is 1. The molecule has 0 aromatic heterocycles. The van der Waals surface area contributed by atoms with E-state index in [0.717, 1.165) is 6.07 Å². The largest absolute Gasteiger partial charge is 0.418 e. The van der Waals surface area contributed by atoms with Gasteiger partial charge >= 0.3 is 12.2 Å². The van der Waals surface area contributed by atoms with E-state index in [0.29, 0.717) is 25.1 Å². The zero-order valence-corrected chi connectivity index (χ0v) is 18.7. The number of nitrogens with one attached hydrogen (secondary N) is 1. The number of hydrogen-bond acceptors (Lipinski definition) is 5. The Morgan fingerprint density at radius 3 is 2.44 bits per heavy atom. The van der Waals surface area contributed by atoms with Crippen LogP contribution in [0.2, 0.25) is 0 Å². The summed E-state index contributed by atoms with van der Waals surface area (Å²) in [6, 6.07) is 9.73. The van der Waals surface area contributed by atoms with E-state index < -0.39 is 27.6 Å². The summed E-state index contributed by atoms with van der Waals surface area (Å²) in [7, 11) is 0. The lowest BCUT2D eigenvalue weighted by Crippen LogP contribution is -2.54. The minimum Gasteiger partial charge on any atom is -0.324 e. The zero-order chi connectivity index (χ0) is 24.5. The van der Waals surface area contributed by atoms with Crippen LogP contribution >= 0.6 is 11.8 Å². The Balaban J connectivity index is 1.44. The number of nitro benzene ring substituents is 1. The summed E-state index contributed by atoms with van der Waals surface area (Å²) in [5.41, 5.74) is -1.17. The molecule has 0 bridgehead atoms. The normalized spacial score (nSPS) is 17.6. The molecule has 34 heavy (non-hydrogen) atoms. The number of non-ortho nitro benzene ring substituents is 1. The third-order valence-corrected chi connectivity index (χ3v) is 7.59. The van der Waals surface area contributed by atoms with Crippen LogP contribution in [-0.2, 0) is 6.18 Å². The number of para-hydroxylation sites is 1. The lowest BCUT2D eigenvalue weighted by molar-refractivity contribution is -0.384. The Morgan fingerprint density at radius 2 is 1.76 bits per heavy atom. The third-order valence-electron chi connectivity index (χ3n) is 6.03. The van der Waals surface area contributed by atoms with Gasteiger partial charge in [0.15, 0.2) is 0 Å². The van der Waals surface area contributed by atoms with Crippen molar-refractivity contribution in [1.29, 1.82) is 0 Å². The second-order valence-electron chi connectivity index (χ2n) is 8.02. The molecule has 2 aliphatic heterocycles. The van der Waals surface area contributed by atoms with Gasteiger partial charge in [-0.25, -0.2) is 4.79 Å². The van der Waals surface area contributed by atoms with Crippen LogP contribution in [0, 0.1) is 10.1 Å². The quantitative estimate of drug-likeness (QED) is 0.487. The lowest BCUT2D eigenvalue weighted by atomic mass is 10.0. The maximum atomic E-state index is 13.2. The molecular formula is C22H21F3N4O4S. The molecule has 2 aromatic rings. The van der Waals surface area contributed by atoms with Crippen molar-refractivity contribution in [3.8, 4) is 0 Å². The molecule has 0 unspecified atom stereocenters. The van der Waals surface area contributed by atoms with Gasteiger partial charge in [0.25, 0.3) is 11.6 Å². The highest BCUT2D eigenvalue weighted by molar-refractivity contribution is 8.00. The number of amides is 3. The number of halogens is 3. The number of likely N-dealkylation sites (tertiary alicyclic amines) is 1. The van der Waals surface area contributed by atoms with E-state index in [1.165, 1.54) is 47.4 Å². The second kappa shape index (κ2) is 9.16. The summed E-state index contributed by atoms with van der Waals surface area (Å²) in [6.07, 6.45) is -3.72. The van der Waals surface area contributed by atoms with Crippen LogP contribution < -0.4 is 5.32 Å². The molecule has 3 amide bonds. The molecule has 1 spiro atoms. The highest BCUT2D eigenvalue weighted by Gasteiger charge is 2.47. The van der Waals surface area contributed by atoms with Gasteiger partial charge in [-0.2, -0.15) is 13.2 Å². The van der Waals surface area contributed by atoms with Crippen molar-refractivity contribution in [2.75, 3.05) is 30.7 Å². The van der Waals surface area contributed by atoms with Crippen LogP contribution in [0.3, 0.4) is 0 Å². The summed E-state index contributed by atoms with van der Waals surface area (Å²) >= 11 is 1.59. The summed E-state index contributed by atoms with van der Waals surface area (Å²) in [4.78, 5) is 38.9. The van der Waals surface area contributed by atoms with Crippen LogP contribution in [-0.4, -0.2) is 56.9 Å². The van der Waals surface area contributed by atoms with Gasteiger partial charge in [0.05, 0.1) is 21.0 Å². The standard InChI is InChI=1S/C22H21F3N4O4S/c23-22(24,25)17-6-1-2-7-18(17)26-20(31)27-10-8-21(9-11-27)28(12-13-34-21)19(30)15-4-3-5-16(14-15)29(32)33/h1-7,14H,8-13H2,(H,26,31). The van der Waals surface area contributed by atoms with Gasteiger partial charge in [0, 0.05) is 43.1 Å². The number of urea groups is 1. The Morgan fingerprint density at radius 1 is 1.06 bits per heavy atom. The van der Waals surface area contributed by atoms with Gasteiger partial charge in [-0.15, -0.1) is 11.8 Å². The van der Waals surface area contributed by atoms with Crippen molar-refractivity contribution in [1.82, 2.24) is 9.80 Å². The molecule has 0 aliphatic carbocycles. The minimum absolute atomic E-state index is 0.169. The van der Waals surface area contributed by atoms with Gasteiger partial charge in [-0.05, 0) is 31.0 Å². The van der Waals surface area contributed by atoms with Crippen LogP contribution in [0.25, 0.3) is 0 Å². The maximum absolute atomic E-state index is 13.2. The Hall–Kier alpha value is -3.28. The molecule has 2 fully saturated rings.